The SMILES string of the molecule is CCN(CCC(=O)O)CC(=O)Nc1cc(Cl)ccc1OC. The van der Waals surface area contributed by atoms with Gasteiger partial charge in [-0.1, -0.05) is 18.5 Å². The summed E-state index contributed by atoms with van der Waals surface area (Å²) in [6, 6.07) is 4.94. The second-order valence-electron chi connectivity index (χ2n) is 4.41. The first kappa shape index (κ1) is 17.3. The van der Waals surface area contributed by atoms with Gasteiger partial charge in [-0.3, -0.25) is 14.5 Å². The zero-order valence-electron chi connectivity index (χ0n) is 12.1. The highest BCUT2D eigenvalue weighted by molar-refractivity contribution is 6.31. The van der Waals surface area contributed by atoms with Crippen LogP contribution in [0.1, 0.15) is 13.3 Å². The topological polar surface area (TPSA) is 78.9 Å². The maximum atomic E-state index is 12.0. The molecule has 2 N–H and O–H groups in total. The number of hydrogen-bond donors (Lipinski definition) is 2. The van der Waals surface area contributed by atoms with E-state index in [0.29, 0.717) is 29.5 Å². The quantitative estimate of drug-likeness (QED) is 0.768. The molecule has 7 heteroatoms. The van der Waals surface area contributed by atoms with Gasteiger partial charge in [-0.05, 0) is 24.7 Å². The van der Waals surface area contributed by atoms with E-state index in [1.807, 2.05) is 6.92 Å². The summed E-state index contributed by atoms with van der Waals surface area (Å²) in [5.74, 6) is -0.616. The fraction of sp³-hybridized carbons (Fsp3) is 0.429. The number of amides is 1. The molecule has 0 saturated heterocycles. The molecule has 1 rings (SSSR count). The zero-order chi connectivity index (χ0) is 15.8. The highest BCUT2D eigenvalue weighted by Gasteiger charge is 2.13. The average molecular weight is 315 g/mol. The zero-order valence-corrected chi connectivity index (χ0v) is 12.8. The van der Waals surface area contributed by atoms with Gasteiger partial charge in [0.05, 0.1) is 25.8 Å². The highest BCUT2D eigenvalue weighted by Crippen LogP contribution is 2.27. The number of rotatable bonds is 8. The van der Waals surface area contributed by atoms with Crippen LogP contribution in [0.5, 0.6) is 5.75 Å². The summed E-state index contributed by atoms with van der Waals surface area (Å²) in [6.07, 6.45) is 0.00159. The monoisotopic (exact) mass is 314 g/mol. The Kier molecular flexibility index (Phi) is 6.98. The molecule has 6 nitrogen and oxygen atoms in total. The van der Waals surface area contributed by atoms with E-state index in [0.717, 1.165) is 0 Å². The Bertz CT molecular complexity index is 508. The van der Waals surface area contributed by atoms with Crippen molar-refractivity contribution < 1.29 is 19.4 Å². The number of halogens is 1. The van der Waals surface area contributed by atoms with E-state index in [-0.39, 0.29) is 18.9 Å². The van der Waals surface area contributed by atoms with Gasteiger partial charge in [-0.2, -0.15) is 0 Å². The number of carboxylic acid groups (broad SMARTS) is 1. The van der Waals surface area contributed by atoms with Gasteiger partial charge in [0.1, 0.15) is 5.75 Å². The molecular weight excluding hydrogens is 296 g/mol. The molecule has 0 unspecified atom stereocenters. The third-order valence-electron chi connectivity index (χ3n) is 2.89. The molecule has 0 aliphatic carbocycles. The van der Waals surface area contributed by atoms with Crippen molar-refractivity contribution in [2.45, 2.75) is 13.3 Å². The number of ether oxygens (including phenoxy) is 1. The van der Waals surface area contributed by atoms with Crippen molar-refractivity contribution in [3.05, 3.63) is 23.2 Å². The molecule has 0 spiro atoms. The molecule has 21 heavy (non-hydrogen) atoms. The van der Waals surface area contributed by atoms with Crippen LogP contribution < -0.4 is 10.1 Å². The van der Waals surface area contributed by atoms with Gasteiger partial charge in [0.2, 0.25) is 5.91 Å². The molecule has 1 aromatic rings. The smallest absolute Gasteiger partial charge is 0.304 e. The molecule has 0 atom stereocenters. The van der Waals surface area contributed by atoms with Crippen LogP contribution in [0.4, 0.5) is 5.69 Å². The van der Waals surface area contributed by atoms with E-state index in [9.17, 15) is 9.59 Å². The Morgan fingerprint density at radius 2 is 2.14 bits per heavy atom. The lowest BCUT2D eigenvalue weighted by atomic mass is 10.3. The van der Waals surface area contributed by atoms with Crippen molar-refractivity contribution in [3.63, 3.8) is 0 Å². The van der Waals surface area contributed by atoms with Crippen LogP contribution in [-0.4, -0.2) is 48.6 Å². The maximum Gasteiger partial charge on any atom is 0.304 e. The van der Waals surface area contributed by atoms with Crippen molar-refractivity contribution in [1.29, 1.82) is 0 Å². The van der Waals surface area contributed by atoms with Gasteiger partial charge in [-0.15, -0.1) is 0 Å². The van der Waals surface area contributed by atoms with E-state index in [1.165, 1.54) is 7.11 Å². The van der Waals surface area contributed by atoms with Gasteiger partial charge < -0.3 is 15.2 Å². The molecule has 0 aromatic heterocycles. The van der Waals surface area contributed by atoms with Crippen molar-refractivity contribution >= 4 is 29.2 Å². The second-order valence-corrected chi connectivity index (χ2v) is 4.84. The number of nitrogens with zero attached hydrogens (tertiary/aromatic N) is 1. The summed E-state index contributed by atoms with van der Waals surface area (Å²) in [6.45, 7) is 2.90. The van der Waals surface area contributed by atoms with Gasteiger partial charge >= 0.3 is 5.97 Å². The molecule has 0 aliphatic heterocycles. The number of anilines is 1. The summed E-state index contributed by atoms with van der Waals surface area (Å²) in [5.41, 5.74) is 0.490. The molecule has 1 amide bonds. The fourth-order valence-corrected chi connectivity index (χ4v) is 1.95. The minimum absolute atomic E-state index is 0.00159. The van der Waals surface area contributed by atoms with Crippen molar-refractivity contribution in [2.75, 3.05) is 32.1 Å². The Balaban J connectivity index is 2.63. The molecule has 0 radical (unpaired) electrons. The molecule has 0 saturated carbocycles. The van der Waals surface area contributed by atoms with E-state index in [2.05, 4.69) is 5.32 Å². The lowest BCUT2D eigenvalue weighted by molar-refractivity contribution is -0.137. The first-order chi connectivity index (χ1) is 9.96. The lowest BCUT2D eigenvalue weighted by Crippen LogP contribution is -2.34. The van der Waals surface area contributed by atoms with Crippen LogP contribution in [-0.2, 0) is 9.59 Å². The van der Waals surface area contributed by atoms with Gasteiger partial charge in [0.25, 0.3) is 0 Å². The Hall–Kier alpha value is -1.79. The number of hydrogen-bond acceptors (Lipinski definition) is 4. The molecule has 0 heterocycles. The molecule has 0 fully saturated rings. The summed E-state index contributed by atoms with van der Waals surface area (Å²) in [5, 5.41) is 11.9. The molecule has 0 bridgehead atoms. The van der Waals surface area contributed by atoms with Crippen LogP contribution >= 0.6 is 11.6 Å². The second kappa shape index (κ2) is 8.49. The normalized spacial score (nSPS) is 10.5. The number of benzene rings is 1. The molecule has 116 valence electrons. The Morgan fingerprint density at radius 1 is 1.43 bits per heavy atom. The standard InChI is InChI=1S/C14H19ClN2O4/c1-3-17(7-6-14(19)20)9-13(18)16-11-8-10(15)4-5-12(11)21-2/h4-5,8H,3,6-7,9H2,1-2H3,(H,16,18)(H,19,20). The third kappa shape index (κ3) is 6.01. The van der Waals surface area contributed by atoms with Crippen molar-refractivity contribution in [2.24, 2.45) is 0 Å². The van der Waals surface area contributed by atoms with Crippen molar-refractivity contribution in [1.82, 2.24) is 4.90 Å². The molecule has 1 aromatic carbocycles. The first-order valence-corrected chi connectivity index (χ1v) is 6.91. The summed E-state index contributed by atoms with van der Waals surface area (Å²) in [7, 11) is 1.50. The summed E-state index contributed by atoms with van der Waals surface area (Å²) < 4.78 is 5.15. The van der Waals surface area contributed by atoms with Crippen LogP contribution in [0.3, 0.4) is 0 Å². The minimum Gasteiger partial charge on any atom is -0.495 e. The number of aliphatic carboxylic acids is 1. The number of carboxylic acids is 1. The number of carbonyl (C=O) groups is 2. The number of likely N-dealkylation sites (N-methyl/N-ethyl adjacent to an activating group) is 1. The van der Waals surface area contributed by atoms with Crippen LogP contribution in [0, 0.1) is 0 Å². The predicted octanol–water partition coefficient (Wildman–Crippen LogP) is 2.08. The molecule has 0 aliphatic rings. The van der Waals surface area contributed by atoms with Gasteiger partial charge in [-0.25, -0.2) is 0 Å². The van der Waals surface area contributed by atoms with Gasteiger partial charge in [0.15, 0.2) is 0 Å². The predicted molar refractivity (Wildman–Crippen MR) is 81.0 cm³/mol. The van der Waals surface area contributed by atoms with E-state index in [4.69, 9.17) is 21.4 Å². The van der Waals surface area contributed by atoms with Crippen molar-refractivity contribution in [3.8, 4) is 5.75 Å². The summed E-state index contributed by atoms with van der Waals surface area (Å²) >= 11 is 5.89. The number of methoxy groups -OCH3 is 1. The van der Waals surface area contributed by atoms with E-state index >= 15 is 0 Å². The van der Waals surface area contributed by atoms with Gasteiger partial charge in [0, 0.05) is 11.6 Å². The van der Waals surface area contributed by atoms with Crippen LogP contribution in [0.15, 0.2) is 18.2 Å². The van der Waals surface area contributed by atoms with E-state index in [1.54, 1.807) is 23.1 Å². The summed E-state index contributed by atoms with van der Waals surface area (Å²) in [4.78, 5) is 24.3. The maximum absolute atomic E-state index is 12.0. The highest BCUT2D eigenvalue weighted by atomic mass is 35.5. The fourth-order valence-electron chi connectivity index (χ4n) is 1.77. The minimum atomic E-state index is -0.884. The Morgan fingerprint density at radius 3 is 2.71 bits per heavy atom. The lowest BCUT2D eigenvalue weighted by Gasteiger charge is -2.19. The third-order valence-corrected chi connectivity index (χ3v) is 3.13. The number of carbonyl (C=O) groups excluding carboxylic acids is 1. The van der Waals surface area contributed by atoms with Crippen LogP contribution in [0.2, 0.25) is 5.02 Å². The Labute approximate surface area is 128 Å². The number of nitrogens with one attached hydrogen (secondary N) is 1. The largest absolute Gasteiger partial charge is 0.495 e. The molecular formula is C14H19ClN2O4. The van der Waals surface area contributed by atoms with E-state index < -0.39 is 5.97 Å². The van der Waals surface area contributed by atoms with Crippen LogP contribution in [0.25, 0.3) is 0 Å². The first-order valence-electron chi connectivity index (χ1n) is 6.53. The average Bonchev–Trinajstić information content (AvgIpc) is 2.43.